The van der Waals surface area contributed by atoms with Crippen LogP contribution in [0.25, 0.3) is 0 Å². The van der Waals surface area contributed by atoms with E-state index in [1.54, 1.807) is 0 Å². The highest BCUT2D eigenvalue weighted by Gasteiger charge is 2.16. The second-order valence-corrected chi connectivity index (χ2v) is 4.73. The number of anilines is 1. The van der Waals surface area contributed by atoms with Gasteiger partial charge in [-0.3, -0.25) is 4.90 Å². The van der Waals surface area contributed by atoms with E-state index in [0.717, 1.165) is 19.6 Å². The van der Waals surface area contributed by atoms with Crippen LogP contribution in [0.3, 0.4) is 0 Å². The number of nitrogens with zero attached hydrogens (tertiary/aromatic N) is 2. The Balaban J connectivity index is 1.86. The van der Waals surface area contributed by atoms with E-state index in [9.17, 15) is 0 Å². The van der Waals surface area contributed by atoms with Gasteiger partial charge < -0.3 is 4.90 Å². The second kappa shape index (κ2) is 5.87. The Labute approximate surface area is 105 Å². The van der Waals surface area contributed by atoms with Crippen LogP contribution in [0.15, 0.2) is 42.0 Å². The molecule has 0 aromatic heterocycles. The van der Waals surface area contributed by atoms with Gasteiger partial charge in [-0.2, -0.15) is 0 Å². The van der Waals surface area contributed by atoms with Gasteiger partial charge in [0.2, 0.25) is 0 Å². The lowest BCUT2D eigenvalue weighted by atomic mass is 10.2. The molecule has 1 saturated heterocycles. The summed E-state index contributed by atoms with van der Waals surface area (Å²) in [6.07, 6.45) is 2.21. The first-order valence-corrected chi connectivity index (χ1v) is 6.44. The van der Waals surface area contributed by atoms with Gasteiger partial charge in [0.25, 0.3) is 0 Å². The molecule has 2 nitrogen and oxygen atoms in total. The normalized spacial score (nSPS) is 18.5. The average Bonchev–Trinajstić information content (AvgIpc) is 2.40. The molecule has 0 atom stereocenters. The fourth-order valence-electron chi connectivity index (χ4n) is 2.25. The summed E-state index contributed by atoms with van der Waals surface area (Å²) in [5, 5.41) is 0. The van der Waals surface area contributed by atoms with Crippen molar-refractivity contribution in [3.05, 3.63) is 42.0 Å². The maximum Gasteiger partial charge on any atom is 0.0367 e. The molecule has 0 saturated carbocycles. The number of hydrogen-bond acceptors (Lipinski definition) is 2. The van der Waals surface area contributed by atoms with Gasteiger partial charge in [-0.25, -0.2) is 0 Å². The molecule has 0 aliphatic carbocycles. The van der Waals surface area contributed by atoms with E-state index < -0.39 is 0 Å². The van der Waals surface area contributed by atoms with Gasteiger partial charge in [0.05, 0.1) is 0 Å². The zero-order valence-corrected chi connectivity index (χ0v) is 10.9. The van der Waals surface area contributed by atoms with Crippen LogP contribution in [0, 0.1) is 0 Å². The third-order valence-corrected chi connectivity index (χ3v) is 3.46. The van der Waals surface area contributed by atoms with Crippen molar-refractivity contribution in [1.82, 2.24) is 4.90 Å². The molecule has 0 N–H and O–H groups in total. The van der Waals surface area contributed by atoms with E-state index >= 15 is 0 Å². The summed E-state index contributed by atoms with van der Waals surface area (Å²) < 4.78 is 0. The third-order valence-electron chi connectivity index (χ3n) is 3.46. The second-order valence-electron chi connectivity index (χ2n) is 4.73. The SMILES string of the molecule is CC=C(C)CN1CCN(c2ccccc2)CC1. The Morgan fingerprint density at radius 2 is 1.76 bits per heavy atom. The minimum absolute atomic E-state index is 1.12. The van der Waals surface area contributed by atoms with Crippen molar-refractivity contribution in [2.75, 3.05) is 37.6 Å². The van der Waals surface area contributed by atoms with Crippen molar-refractivity contribution in [3.8, 4) is 0 Å². The molecule has 2 rings (SSSR count). The minimum atomic E-state index is 1.12. The highest BCUT2D eigenvalue weighted by molar-refractivity contribution is 5.46. The quantitative estimate of drug-likeness (QED) is 0.737. The first kappa shape index (κ1) is 12.2. The summed E-state index contributed by atoms with van der Waals surface area (Å²) in [5.41, 5.74) is 2.83. The Bertz CT molecular complexity index is 362. The van der Waals surface area contributed by atoms with Crippen LogP contribution < -0.4 is 4.90 Å². The molecule has 1 aromatic carbocycles. The van der Waals surface area contributed by atoms with Crippen LogP contribution in [0.4, 0.5) is 5.69 Å². The number of rotatable bonds is 3. The van der Waals surface area contributed by atoms with E-state index in [-0.39, 0.29) is 0 Å². The Morgan fingerprint density at radius 3 is 2.35 bits per heavy atom. The average molecular weight is 230 g/mol. The van der Waals surface area contributed by atoms with Gasteiger partial charge in [-0.1, -0.05) is 29.8 Å². The van der Waals surface area contributed by atoms with E-state index in [1.165, 1.54) is 24.4 Å². The first-order valence-electron chi connectivity index (χ1n) is 6.44. The Morgan fingerprint density at radius 1 is 1.12 bits per heavy atom. The van der Waals surface area contributed by atoms with Crippen molar-refractivity contribution in [3.63, 3.8) is 0 Å². The maximum atomic E-state index is 2.54. The Hall–Kier alpha value is -1.28. The molecule has 1 aliphatic heterocycles. The highest BCUT2D eigenvalue weighted by atomic mass is 15.3. The summed E-state index contributed by atoms with van der Waals surface area (Å²) in [5.74, 6) is 0. The summed E-state index contributed by atoms with van der Waals surface area (Å²) >= 11 is 0. The van der Waals surface area contributed by atoms with Crippen LogP contribution in [0.1, 0.15) is 13.8 Å². The monoisotopic (exact) mass is 230 g/mol. The van der Waals surface area contributed by atoms with E-state index in [2.05, 4.69) is 60.1 Å². The van der Waals surface area contributed by atoms with E-state index in [4.69, 9.17) is 0 Å². The number of benzene rings is 1. The third kappa shape index (κ3) is 3.34. The molecule has 17 heavy (non-hydrogen) atoms. The molecule has 0 bridgehead atoms. The standard InChI is InChI=1S/C15H22N2/c1-3-14(2)13-16-9-11-17(12-10-16)15-7-5-4-6-8-15/h3-8H,9-13H2,1-2H3. The molecule has 1 aliphatic rings. The summed E-state index contributed by atoms with van der Waals surface area (Å²) in [4.78, 5) is 5.01. The topological polar surface area (TPSA) is 6.48 Å². The van der Waals surface area contributed by atoms with Gasteiger partial charge in [-0.05, 0) is 26.0 Å². The lowest BCUT2D eigenvalue weighted by molar-refractivity contribution is 0.278. The molecule has 1 fully saturated rings. The van der Waals surface area contributed by atoms with Crippen molar-refractivity contribution in [1.29, 1.82) is 0 Å². The lowest BCUT2D eigenvalue weighted by Crippen LogP contribution is -2.46. The van der Waals surface area contributed by atoms with Gasteiger partial charge in [0.1, 0.15) is 0 Å². The zero-order chi connectivity index (χ0) is 12.1. The molecular weight excluding hydrogens is 208 g/mol. The van der Waals surface area contributed by atoms with Crippen molar-refractivity contribution in [2.45, 2.75) is 13.8 Å². The number of hydrogen-bond donors (Lipinski definition) is 0. The van der Waals surface area contributed by atoms with Crippen molar-refractivity contribution in [2.24, 2.45) is 0 Å². The van der Waals surface area contributed by atoms with Gasteiger partial charge in [-0.15, -0.1) is 0 Å². The zero-order valence-electron chi connectivity index (χ0n) is 10.9. The molecule has 0 spiro atoms. The number of piperazine rings is 1. The maximum absolute atomic E-state index is 2.54. The highest BCUT2D eigenvalue weighted by Crippen LogP contribution is 2.15. The van der Waals surface area contributed by atoms with Crippen LogP contribution in [0.2, 0.25) is 0 Å². The molecule has 1 aromatic rings. The van der Waals surface area contributed by atoms with Crippen molar-refractivity contribution >= 4 is 5.69 Å². The molecule has 1 heterocycles. The number of allylic oxidation sites excluding steroid dienone is 1. The molecular formula is C15H22N2. The first-order chi connectivity index (χ1) is 8.29. The molecule has 0 radical (unpaired) electrons. The van der Waals surface area contributed by atoms with Crippen LogP contribution in [0.5, 0.6) is 0 Å². The van der Waals surface area contributed by atoms with Crippen molar-refractivity contribution < 1.29 is 0 Å². The van der Waals surface area contributed by atoms with Crippen LogP contribution in [-0.4, -0.2) is 37.6 Å². The molecule has 92 valence electrons. The van der Waals surface area contributed by atoms with Gasteiger partial charge in [0, 0.05) is 38.4 Å². The van der Waals surface area contributed by atoms with Gasteiger partial charge >= 0.3 is 0 Å². The summed E-state index contributed by atoms with van der Waals surface area (Å²) in [6, 6.07) is 10.7. The molecule has 2 heteroatoms. The summed E-state index contributed by atoms with van der Waals surface area (Å²) in [6.45, 7) is 10.1. The van der Waals surface area contributed by atoms with E-state index in [1.807, 2.05) is 0 Å². The van der Waals surface area contributed by atoms with Crippen LogP contribution >= 0.6 is 0 Å². The smallest absolute Gasteiger partial charge is 0.0367 e. The fourth-order valence-corrected chi connectivity index (χ4v) is 2.25. The molecule has 0 amide bonds. The fraction of sp³-hybridized carbons (Fsp3) is 0.467. The summed E-state index contributed by atoms with van der Waals surface area (Å²) in [7, 11) is 0. The lowest BCUT2D eigenvalue weighted by Gasteiger charge is -2.36. The van der Waals surface area contributed by atoms with Gasteiger partial charge in [0.15, 0.2) is 0 Å². The largest absolute Gasteiger partial charge is 0.369 e. The number of para-hydroxylation sites is 1. The Kier molecular flexibility index (Phi) is 4.21. The predicted octanol–water partition coefficient (Wildman–Crippen LogP) is 2.77. The minimum Gasteiger partial charge on any atom is -0.369 e. The predicted molar refractivity (Wildman–Crippen MR) is 74.5 cm³/mol. The van der Waals surface area contributed by atoms with E-state index in [0.29, 0.717) is 0 Å². The molecule has 0 unspecified atom stereocenters. The van der Waals surface area contributed by atoms with Crippen LogP contribution in [-0.2, 0) is 0 Å².